The molecular weight excluding hydrogens is 316 g/mol. The van der Waals surface area contributed by atoms with E-state index in [1.807, 2.05) is 6.33 Å². The average Bonchev–Trinajstić information content (AvgIpc) is 2.89. The highest BCUT2D eigenvalue weighted by molar-refractivity contribution is 5.77. The number of β-amino-alcohol motifs (C(OH)–C–C–N with tert-alkyl or cyclic N) is 1. The highest BCUT2D eigenvalue weighted by atomic mass is 16.5. The van der Waals surface area contributed by atoms with E-state index < -0.39 is 6.10 Å². The van der Waals surface area contributed by atoms with Gasteiger partial charge < -0.3 is 19.3 Å². The van der Waals surface area contributed by atoms with Gasteiger partial charge in [0.25, 0.3) is 0 Å². The van der Waals surface area contributed by atoms with Gasteiger partial charge in [-0.15, -0.1) is 0 Å². The van der Waals surface area contributed by atoms with Crippen molar-refractivity contribution in [1.82, 2.24) is 19.4 Å². The lowest BCUT2D eigenvalue weighted by molar-refractivity contribution is -0.0496. The molecule has 1 aliphatic heterocycles. The molecule has 0 unspecified atom stereocenters. The van der Waals surface area contributed by atoms with Gasteiger partial charge in [0.1, 0.15) is 0 Å². The second kappa shape index (κ2) is 7.83. The number of hydrogen-bond donors (Lipinski definition) is 1. The third-order valence-electron chi connectivity index (χ3n) is 4.90. The molecule has 1 aromatic heterocycles. The lowest BCUT2D eigenvalue weighted by atomic mass is 10.1. The first-order valence-corrected chi connectivity index (χ1v) is 9.01. The highest BCUT2D eigenvalue weighted by Gasteiger charge is 2.23. The normalized spacial score (nSPS) is 20.5. The first-order chi connectivity index (χ1) is 11.9. The molecule has 0 amide bonds. The molecule has 2 atom stereocenters. The predicted octanol–water partition coefficient (Wildman–Crippen LogP) is 1.28. The van der Waals surface area contributed by atoms with E-state index in [2.05, 4.69) is 59.4 Å². The van der Waals surface area contributed by atoms with Gasteiger partial charge in [-0.05, 0) is 51.2 Å². The highest BCUT2D eigenvalue weighted by Crippen LogP contribution is 2.19. The largest absolute Gasteiger partial charge is 0.390 e. The molecule has 2 aromatic rings. The summed E-state index contributed by atoms with van der Waals surface area (Å²) in [7, 11) is 4.12. The van der Waals surface area contributed by atoms with E-state index >= 15 is 0 Å². The fourth-order valence-electron chi connectivity index (χ4n) is 3.51. The quantitative estimate of drug-likeness (QED) is 0.854. The molecule has 6 nitrogen and oxygen atoms in total. The van der Waals surface area contributed by atoms with Crippen molar-refractivity contribution in [3.05, 3.63) is 29.6 Å². The van der Waals surface area contributed by atoms with Crippen LogP contribution in [0.1, 0.15) is 11.1 Å². The van der Waals surface area contributed by atoms with Gasteiger partial charge in [-0.1, -0.05) is 0 Å². The number of likely N-dealkylation sites (N-methyl/N-ethyl adjacent to an activating group) is 1. The van der Waals surface area contributed by atoms with Crippen LogP contribution >= 0.6 is 0 Å². The van der Waals surface area contributed by atoms with Gasteiger partial charge in [0.05, 0.1) is 42.7 Å². The van der Waals surface area contributed by atoms with E-state index in [0.29, 0.717) is 13.1 Å². The predicted molar refractivity (Wildman–Crippen MR) is 99.9 cm³/mol. The number of fused-ring (bicyclic) bond motifs is 1. The minimum absolute atomic E-state index is 0.218. The van der Waals surface area contributed by atoms with Crippen molar-refractivity contribution >= 4 is 11.0 Å². The fraction of sp³-hybridized carbons (Fsp3) is 0.632. The standard InChI is InChI=1S/C19H30N4O2/c1-14-7-18-19(8-15(14)2)23(13-20-18)10-16(24)9-22-5-6-25-17(12-22)11-21(3)4/h7-8,13,16-17,24H,5-6,9-12H2,1-4H3/t16-,17-/m1/s1. The topological polar surface area (TPSA) is 53.8 Å². The summed E-state index contributed by atoms with van der Waals surface area (Å²) < 4.78 is 7.87. The lowest BCUT2D eigenvalue weighted by Gasteiger charge is -2.35. The molecule has 25 heavy (non-hydrogen) atoms. The number of imidazole rings is 1. The van der Waals surface area contributed by atoms with Crippen molar-refractivity contribution in [2.45, 2.75) is 32.6 Å². The number of hydrogen-bond acceptors (Lipinski definition) is 5. The zero-order chi connectivity index (χ0) is 18.0. The van der Waals surface area contributed by atoms with Crippen LogP contribution in [0.2, 0.25) is 0 Å². The minimum Gasteiger partial charge on any atom is -0.390 e. The number of ether oxygens (including phenoxy) is 1. The monoisotopic (exact) mass is 346 g/mol. The van der Waals surface area contributed by atoms with Crippen LogP contribution in [0.5, 0.6) is 0 Å². The maximum Gasteiger partial charge on any atom is 0.0959 e. The molecule has 1 saturated heterocycles. The van der Waals surface area contributed by atoms with Gasteiger partial charge >= 0.3 is 0 Å². The number of aryl methyl sites for hydroxylation is 2. The molecule has 1 aromatic carbocycles. The number of aliphatic hydroxyl groups excluding tert-OH is 1. The summed E-state index contributed by atoms with van der Waals surface area (Å²) in [5.41, 5.74) is 4.59. The van der Waals surface area contributed by atoms with E-state index in [-0.39, 0.29) is 6.10 Å². The molecule has 0 saturated carbocycles. The summed E-state index contributed by atoms with van der Waals surface area (Å²) in [6, 6.07) is 4.27. The summed E-state index contributed by atoms with van der Waals surface area (Å²) in [4.78, 5) is 8.93. The van der Waals surface area contributed by atoms with Crippen molar-refractivity contribution in [2.24, 2.45) is 0 Å². The molecule has 0 spiro atoms. The Morgan fingerprint density at radius 1 is 1.28 bits per heavy atom. The van der Waals surface area contributed by atoms with Crippen LogP contribution in [0.15, 0.2) is 18.5 Å². The second-order valence-corrected chi connectivity index (χ2v) is 7.49. The van der Waals surface area contributed by atoms with Crippen LogP contribution in [-0.4, -0.2) is 83.5 Å². The van der Waals surface area contributed by atoms with Gasteiger partial charge in [-0.2, -0.15) is 0 Å². The maximum absolute atomic E-state index is 10.6. The lowest BCUT2D eigenvalue weighted by Crippen LogP contribution is -2.49. The SMILES string of the molecule is Cc1cc2ncn(C[C@H](O)CN3CCO[C@H](CN(C)C)C3)c2cc1C. The van der Waals surface area contributed by atoms with Crippen LogP contribution in [0.3, 0.4) is 0 Å². The third-order valence-corrected chi connectivity index (χ3v) is 4.90. The first-order valence-electron chi connectivity index (χ1n) is 9.01. The Morgan fingerprint density at radius 2 is 2.04 bits per heavy atom. The Labute approximate surface area is 150 Å². The van der Waals surface area contributed by atoms with Crippen LogP contribution in [0.25, 0.3) is 11.0 Å². The molecule has 6 heteroatoms. The zero-order valence-corrected chi connectivity index (χ0v) is 15.8. The molecule has 1 aliphatic rings. The molecular formula is C19H30N4O2. The molecule has 2 heterocycles. The van der Waals surface area contributed by atoms with Crippen LogP contribution in [0, 0.1) is 13.8 Å². The summed E-state index contributed by atoms with van der Waals surface area (Å²) in [5, 5.41) is 10.6. The number of rotatable bonds is 6. The average molecular weight is 346 g/mol. The number of morpholine rings is 1. The van der Waals surface area contributed by atoms with Crippen molar-refractivity contribution < 1.29 is 9.84 Å². The fourth-order valence-corrected chi connectivity index (χ4v) is 3.51. The van der Waals surface area contributed by atoms with E-state index in [9.17, 15) is 5.11 Å². The number of aliphatic hydroxyl groups is 1. The maximum atomic E-state index is 10.6. The van der Waals surface area contributed by atoms with E-state index in [4.69, 9.17) is 4.74 Å². The van der Waals surface area contributed by atoms with Gasteiger partial charge in [0.2, 0.25) is 0 Å². The Kier molecular flexibility index (Phi) is 5.74. The molecule has 0 bridgehead atoms. The minimum atomic E-state index is -0.419. The summed E-state index contributed by atoms with van der Waals surface area (Å²) in [6.07, 6.45) is 1.63. The summed E-state index contributed by atoms with van der Waals surface area (Å²) >= 11 is 0. The van der Waals surface area contributed by atoms with Crippen LogP contribution < -0.4 is 0 Å². The van der Waals surface area contributed by atoms with Gasteiger partial charge in [-0.25, -0.2) is 4.98 Å². The van der Waals surface area contributed by atoms with Crippen molar-refractivity contribution in [3.63, 3.8) is 0 Å². The molecule has 3 rings (SSSR count). The first kappa shape index (κ1) is 18.3. The van der Waals surface area contributed by atoms with Gasteiger partial charge in [0.15, 0.2) is 0 Å². The number of benzene rings is 1. The Bertz CT molecular complexity index is 713. The number of aromatic nitrogens is 2. The summed E-state index contributed by atoms with van der Waals surface area (Å²) in [6.45, 7) is 8.84. The van der Waals surface area contributed by atoms with Crippen molar-refractivity contribution in [3.8, 4) is 0 Å². The van der Waals surface area contributed by atoms with Gasteiger partial charge in [-0.3, -0.25) is 4.90 Å². The zero-order valence-electron chi connectivity index (χ0n) is 15.8. The van der Waals surface area contributed by atoms with E-state index in [1.165, 1.54) is 11.1 Å². The molecule has 1 N–H and O–H groups in total. The van der Waals surface area contributed by atoms with Gasteiger partial charge in [0, 0.05) is 26.2 Å². The van der Waals surface area contributed by atoms with E-state index in [1.54, 1.807) is 0 Å². The van der Waals surface area contributed by atoms with E-state index in [0.717, 1.165) is 37.3 Å². The Morgan fingerprint density at radius 3 is 2.80 bits per heavy atom. The smallest absolute Gasteiger partial charge is 0.0959 e. The number of nitrogens with zero attached hydrogens (tertiary/aromatic N) is 4. The second-order valence-electron chi connectivity index (χ2n) is 7.49. The molecule has 138 valence electrons. The molecule has 0 aliphatic carbocycles. The van der Waals surface area contributed by atoms with Crippen LogP contribution in [0.4, 0.5) is 0 Å². The Balaban J connectivity index is 1.61. The Hall–Kier alpha value is -1.47. The molecule has 0 radical (unpaired) electrons. The van der Waals surface area contributed by atoms with Crippen LogP contribution in [-0.2, 0) is 11.3 Å². The third kappa shape index (κ3) is 4.58. The molecule has 1 fully saturated rings. The summed E-state index contributed by atoms with van der Waals surface area (Å²) in [5.74, 6) is 0. The van der Waals surface area contributed by atoms with Crippen molar-refractivity contribution in [2.75, 3.05) is 46.9 Å². The van der Waals surface area contributed by atoms with Crippen molar-refractivity contribution in [1.29, 1.82) is 0 Å².